The Morgan fingerprint density at radius 2 is 2.21 bits per heavy atom. The van der Waals surface area contributed by atoms with E-state index in [0.717, 1.165) is 10.5 Å². The van der Waals surface area contributed by atoms with E-state index >= 15 is 0 Å². The zero-order chi connectivity index (χ0) is 9.71. The fourth-order valence-electron chi connectivity index (χ4n) is 1.73. The quantitative estimate of drug-likeness (QED) is 0.562. The molecular formula is C10H9N3S. The second-order valence-corrected chi connectivity index (χ2v) is 4.55. The van der Waals surface area contributed by atoms with E-state index in [1.807, 2.05) is 24.9 Å². The highest BCUT2D eigenvalue weighted by Gasteiger charge is 2.07. The van der Waals surface area contributed by atoms with Crippen molar-refractivity contribution in [1.29, 1.82) is 0 Å². The Labute approximate surface area is 85.0 Å². The molecule has 0 N–H and O–H groups in total. The normalized spacial score (nSPS) is 11.6. The molecule has 0 aliphatic heterocycles. The summed E-state index contributed by atoms with van der Waals surface area (Å²) in [5.74, 6) is 0. The van der Waals surface area contributed by atoms with Gasteiger partial charge in [-0.05, 0) is 19.1 Å². The lowest BCUT2D eigenvalue weighted by atomic mass is 10.2. The fraction of sp³-hybridized carbons (Fsp3) is 0.200. The number of rotatable bonds is 0. The molecule has 0 saturated carbocycles. The van der Waals surface area contributed by atoms with Gasteiger partial charge in [-0.3, -0.25) is 4.68 Å². The van der Waals surface area contributed by atoms with Gasteiger partial charge in [-0.2, -0.15) is 5.10 Å². The van der Waals surface area contributed by atoms with Gasteiger partial charge in [0.25, 0.3) is 0 Å². The summed E-state index contributed by atoms with van der Waals surface area (Å²) in [5.41, 5.74) is 2.24. The largest absolute Gasteiger partial charge is 0.268 e. The van der Waals surface area contributed by atoms with Gasteiger partial charge in [0.05, 0.1) is 26.9 Å². The van der Waals surface area contributed by atoms with Crippen molar-refractivity contribution in [1.82, 2.24) is 14.8 Å². The third kappa shape index (κ3) is 0.915. The summed E-state index contributed by atoms with van der Waals surface area (Å²) in [4.78, 5) is 4.45. The van der Waals surface area contributed by atoms with Crippen LogP contribution in [0.15, 0.2) is 18.3 Å². The van der Waals surface area contributed by atoms with E-state index in [-0.39, 0.29) is 0 Å². The average Bonchev–Trinajstić information content (AvgIpc) is 2.68. The molecule has 0 aliphatic carbocycles. The highest BCUT2D eigenvalue weighted by molar-refractivity contribution is 7.19. The number of thiazole rings is 1. The van der Waals surface area contributed by atoms with Crippen molar-refractivity contribution in [3.63, 3.8) is 0 Å². The van der Waals surface area contributed by atoms with Gasteiger partial charge < -0.3 is 0 Å². The smallest absolute Gasteiger partial charge is 0.0908 e. The zero-order valence-corrected chi connectivity index (χ0v) is 8.80. The molecule has 2 aromatic heterocycles. The summed E-state index contributed by atoms with van der Waals surface area (Å²) in [6.07, 6.45) is 1.91. The van der Waals surface area contributed by atoms with Gasteiger partial charge in [-0.25, -0.2) is 4.98 Å². The Bertz CT molecular complexity index is 621. The molecule has 0 bridgehead atoms. The van der Waals surface area contributed by atoms with Crippen LogP contribution in [0.5, 0.6) is 0 Å². The van der Waals surface area contributed by atoms with Crippen molar-refractivity contribution >= 4 is 32.5 Å². The van der Waals surface area contributed by atoms with Crippen LogP contribution < -0.4 is 0 Å². The van der Waals surface area contributed by atoms with E-state index in [1.54, 1.807) is 11.3 Å². The van der Waals surface area contributed by atoms with Crippen molar-refractivity contribution in [2.45, 2.75) is 6.92 Å². The monoisotopic (exact) mass is 203 g/mol. The number of aryl methyl sites for hydroxylation is 2. The minimum Gasteiger partial charge on any atom is -0.268 e. The minimum absolute atomic E-state index is 1.08. The molecule has 0 fully saturated rings. The van der Waals surface area contributed by atoms with E-state index in [1.165, 1.54) is 15.6 Å². The third-order valence-electron chi connectivity index (χ3n) is 2.39. The highest BCUT2D eigenvalue weighted by Crippen LogP contribution is 2.29. The van der Waals surface area contributed by atoms with E-state index in [0.29, 0.717) is 0 Å². The summed E-state index contributed by atoms with van der Waals surface area (Å²) >= 11 is 1.73. The Hall–Kier alpha value is -1.42. The molecule has 0 aliphatic rings. The molecule has 14 heavy (non-hydrogen) atoms. The maximum Gasteiger partial charge on any atom is 0.0908 e. The molecule has 0 unspecified atom stereocenters. The first kappa shape index (κ1) is 7.94. The van der Waals surface area contributed by atoms with Gasteiger partial charge >= 0.3 is 0 Å². The molecule has 0 atom stereocenters. The Kier molecular flexibility index (Phi) is 1.44. The van der Waals surface area contributed by atoms with Gasteiger partial charge in [0.1, 0.15) is 0 Å². The van der Waals surface area contributed by atoms with Crippen molar-refractivity contribution < 1.29 is 0 Å². The Morgan fingerprint density at radius 3 is 3.07 bits per heavy atom. The van der Waals surface area contributed by atoms with Gasteiger partial charge in [-0.1, -0.05) is 0 Å². The highest BCUT2D eigenvalue weighted by atomic mass is 32.1. The molecule has 3 aromatic rings. The predicted molar refractivity (Wildman–Crippen MR) is 58.6 cm³/mol. The lowest BCUT2D eigenvalue weighted by Crippen LogP contribution is -1.87. The fourth-order valence-corrected chi connectivity index (χ4v) is 2.65. The van der Waals surface area contributed by atoms with E-state index < -0.39 is 0 Å². The van der Waals surface area contributed by atoms with Crippen molar-refractivity contribution in [2.75, 3.05) is 0 Å². The molecule has 0 amide bonds. The van der Waals surface area contributed by atoms with E-state index in [2.05, 4.69) is 22.2 Å². The molecule has 2 heterocycles. The van der Waals surface area contributed by atoms with Crippen LogP contribution in [0.2, 0.25) is 0 Å². The average molecular weight is 203 g/mol. The number of aromatic nitrogens is 3. The Morgan fingerprint density at radius 1 is 1.36 bits per heavy atom. The summed E-state index contributed by atoms with van der Waals surface area (Å²) in [6, 6.07) is 4.13. The Balaban J connectivity index is 2.60. The van der Waals surface area contributed by atoms with E-state index in [4.69, 9.17) is 0 Å². The summed E-state index contributed by atoms with van der Waals surface area (Å²) < 4.78 is 3.14. The van der Waals surface area contributed by atoms with Gasteiger partial charge in [-0.15, -0.1) is 11.3 Å². The number of fused-ring (bicyclic) bond motifs is 3. The molecule has 70 valence electrons. The first-order chi connectivity index (χ1) is 6.75. The van der Waals surface area contributed by atoms with Crippen LogP contribution in [-0.4, -0.2) is 14.8 Å². The minimum atomic E-state index is 1.08. The maximum atomic E-state index is 4.45. The standard InChI is InChI=1S/C10H9N3S/c1-6-12-8-3-4-9-7(10(8)14-6)5-11-13(9)2/h3-5H,1-2H3. The van der Waals surface area contributed by atoms with Crippen molar-refractivity contribution in [3.05, 3.63) is 23.3 Å². The van der Waals surface area contributed by atoms with Crippen LogP contribution in [0.3, 0.4) is 0 Å². The van der Waals surface area contributed by atoms with Crippen LogP contribution in [0.4, 0.5) is 0 Å². The van der Waals surface area contributed by atoms with Crippen LogP contribution in [0, 0.1) is 6.92 Å². The topological polar surface area (TPSA) is 30.7 Å². The second kappa shape index (κ2) is 2.54. The van der Waals surface area contributed by atoms with Crippen LogP contribution in [-0.2, 0) is 7.05 Å². The molecule has 0 spiro atoms. The summed E-state index contributed by atoms with van der Waals surface area (Å²) in [6.45, 7) is 2.03. The van der Waals surface area contributed by atoms with Crippen LogP contribution in [0.1, 0.15) is 5.01 Å². The van der Waals surface area contributed by atoms with Gasteiger partial charge in [0, 0.05) is 12.4 Å². The number of benzene rings is 1. The van der Waals surface area contributed by atoms with Crippen LogP contribution >= 0.6 is 11.3 Å². The van der Waals surface area contributed by atoms with Crippen molar-refractivity contribution in [2.24, 2.45) is 7.05 Å². The third-order valence-corrected chi connectivity index (χ3v) is 3.41. The lowest BCUT2D eigenvalue weighted by molar-refractivity contribution is 0.797. The molecule has 0 radical (unpaired) electrons. The number of hydrogen-bond donors (Lipinski definition) is 0. The summed E-state index contributed by atoms with van der Waals surface area (Å²) in [7, 11) is 1.96. The van der Waals surface area contributed by atoms with E-state index in [9.17, 15) is 0 Å². The molecule has 0 saturated heterocycles. The first-order valence-corrected chi connectivity index (χ1v) is 5.25. The molecular weight excluding hydrogens is 194 g/mol. The maximum absolute atomic E-state index is 4.45. The van der Waals surface area contributed by atoms with Gasteiger partial charge in [0.15, 0.2) is 0 Å². The van der Waals surface area contributed by atoms with Crippen molar-refractivity contribution in [3.8, 4) is 0 Å². The second-order valence-electron chi connectivity index (χ2n) is 3.35. The summed E-state index contributed by atoms with van der Waals surface area (Å²) in [5, 5.41) is 6.56. The first-order valence-electron chi connectivity index (χ1n) is 4.43. The number of nitrogens with zero attached hydrogens (tertiary/aromatic N) is 3. The SMILES string of the molecule is Cc1nc2ccc3c(cnn3C)c2s1. The molecule has 4 heteroatoms. The van der Waals surface area contributed by atoms with Crippen LogP contribution in [0.25, 0.3) is 21.1 Å². The molecule has 3 nitrogen and oxygen atoms in total. The molecule has 3 rings (SSSR count). The lowest BCUT2D eigenvalue weighted by Gasteiger charge is -1.93. The number of hydrogen-bond acceptors (Lipinski definition) is 3. The van der Waals surface area contributed by atoms with Gasteiger partial charge in [0.2, 0.25) is 0 Å². The predicted octanol–water partition coefficient (Wildman–Crippen LogP) is 2.49. The molecule has 1 aromatic carbocycles. The zero-order valence-electron chi connectivity index (χ0n) is 7.98.